The maximum absolute atomic E-state index is 12.3. The van der Waals surface area contributed by atoms with E-state index in [1.54, 1.807) is 7.11 Å². The van der Waals surface area contributed by atoms with Crippen LogP contribution in [0.4, 0.5) is 0 Å². The molecule has 1 saturated heterocycles. The topological polar surface area (TPSA) is 62.4 Å². The number of benzene rings is 2. The second-order valence-electron chi connectivity index (χ2n) is 5.75. The van der Waals surface area contributed by atoms with E-state index in [2.05, 4.69) is 16.2 Å². The second-order valence-corrected chi connectivity index (χ2v) is 6.19. The predicted octanol–water partition coefficient (Wildman–Crippen LogP) is 2.57. The smallest absolute Gasteiger partial charge is 0.238 e. The normalized spacial score (nSPS) is 19.9. The van der Waals surface area contributed by atoms with E-state index in [0.29, 0.717) is 18.0 Å². The highest BCUT2D eigenvalue weighted by Crippen LogP contribution is 2.23. The Bertz CT molecular complexity index is 706. The van der Waals surface area contributed by atoms with E-state index in [1.807, 2.05) is 48.5 Å². The fourth-order valence-electron chi connectivity index (χ4n) is 2.74. The SMILES string of the molecule is COc1cccc(CNC(=O)C2CC(c3ccc(Cl)cc3)NN2)c1. The van der Waals surface area contributed by atoms with Crippen LogP contribution in [0.3, 0.4) is 0 Å². The minimum absolute atomic E-state index is 0.0261. The summed E-state index contributed by atoms with van der Waals surface area (Å²) in [5.41, 5.74) is 8.33. The van der Waals surface area contributed by atoms with Crippen molar-refractivity contribution in [3.63, 3.8) is 0 Å². The maximum atomic E-state index is 12.3. The molecule has 0 bridgehead atoms. The van der Waals surface area contributed by atoms with E-state index in [1.165, 1.54) is 0 Å². The largest absolute Gasteiger partial charge is 0.497 e. The van der Waals surface area contributed by atoms with Crippen molar-refractivity contribution >= 4 is 17.5 Å². The van der Waals surface area contributed by atoms with Gasteiger partial charge in [0.2, 0.25) is 5.91 Å². The van der Waals surface area contributed by atoms with Gasteiger partial charge in [-0.3, -0.25) is 4.79 Å². The molecule has 1 aliphatic rings. The molecule has 0 radical (unpaired) electrons. The molecule has 2 aromatic rings. The van der Waals surface area contributed by atoms with Gasteiger partial charge in [-0.05, 0) is 41.8 Å². The Balaban J connectivity index is 1.53. The summed E-state index contributed by atoms with van der Waals surface area (Å²) < 4.78 is 5.19. The highest BCUT2D eigenvalue weighted by molar-refractivity contribution is 6.30. The van der Waals surface area contributed by atoms with Crippen molar-refractivity contribution in [1.82, 2.24) is 16.2 Å². The summed E-state index contributed by atoms with van der Waals surface area (Å²) >= 11 is 5.91. The number of hydrazine groups is 1. The van der Waals surface area contributed by atoms with E-state index in [-0.39, 0.29) is 18.0 Å². The molecular weight excluding hydrogens is 326 g/mol. The van der Waals surface area contributed by atoms with Gasteiger partial charge >= 0.3 is 0 Å². The minimum atomic E-state index is -0.267. The van der Waals surface area contributed by atoms with E-state index in [4.69, 9.17) is 16.3 Å². The summed E-state index contributed by atoms with van der Waals surface area (Å²) in [6, 6.07) is 15.1. The summed E-state index contributed by atoms with van der Waals surface area (Å²) in [7, 11) is 1.63. The zero-order valence-electron chi connectivity index (χ0n) is 13.4. The summed E-state index contributed by atoms with van der Waals surface area (Å²) in [6.45, 7) is 0.472. The summed E-state index contributed by atoms with van der Waals surface area (Å²) in [5.74, 6) is 0.756. The molecule has 126 valence electrons. The van der Waals surface area contributed by atoms with Crippen LogP contribution in [-0.4, -0.2) is 19.1 Å². The average Bonchev–Trinajstić information content (AvgIpc) is 3.10. The number of methoxy groups -OCH3 is 1. The van der Waals surface area contributed by atoms with Gasteiger partial charge in [0.1, 0.15) is 11.8 Å². The summed E-state index contributed by atoms with van der Waals surface area (Å²) in [4.78, 5) is 12.3. The fourth-order valence-corrected chi connectivity index (χ4v) is 2.86. The van der Waals surface area contributed by atoms with Gasteiger partial charge in [0.15, 0.2) is 0 Å². The molecule has 0 spiro atoms. The fraction of sp³-hybridized carbons (Fsp3) is 0.278. The van der Waals surface area contributed by atoms with Crippen LogP contribution >= 0.6 is 11.6 Å². The van der Waals surface area contributed by atoms with Gasteiger partial charge in [0.25, 0.3) is 0 Å². The molecule has 0 aromatic heterocycles. The number of amides is 1. The molecule has 2 atom stereocenters. The van der Waals surface area contributed by atoms with Crippen molar-refractivity contribution < 1.29 is 9.53 Å². The molecule has 0 aliphatic carbocycles. The van der Waals surface area contributed by atoms with Crippen molar-refractivity contribution in [3.8, 4) is 5.75 Å². The Hall–Kier alpha value is -2.08. The van der Waals surface area contributed by atoms with Crippen molar-refractivity contribution in [2.75, 3.05) is 7.11 Å². The lowest BCUT2D eigenvalue weighted by atomic mass is 10.0. The Morgan fingerprint density at radius 1 is 1.25 bits per heavy atom. The second kappa shape index (κ2) is 7.66. The van der Waals surface area contributed by atoms with Gasteiger partial charge < -0.3 is 10.1 Å². The molecule has 2 aromatic carbocycles. The molecule has 0 saturated carbocycles. The zero-order chi connectivity index (χ0) is 16.9. The van der Waals surface area contributed by atoms with Crippen LogP contribution in [0.2, 0.25) is 5.02 Å². The van der Waals surface area contributed by atoms with Crippen molar-refractivity contribution in [2.45, 2.75) is 25.0 Å². The van der Waals surface area contributed by atoms with Crippen molar-refractivity contribution in [3.05, 3.63) is 64.7 Å². The molecule has 24 heavy (non-hydrogen) atoms. The lowest BCUT2D eigenvalue weighted by Gasteiger charge is -2.11. The lowest BCUT2D eigenvalue weighted by Crippen LogP contribution is -2.42. The molecule has 1 heterocycles. The maximum Gasteiger partial charge on any atom is 0.238 e. The number of carbonyl (C=O) groups excluding carboxylic acids is 1. The predicted molar refractivity (Wildman–Crippen MR) is 93.7 cm³/mol. The minimum Gasteiger partial charge on any atom is -0.497 e. The van der Waals surface area contributed by atoms with Crippen LogP contribution in [0.1, 0.15) is 23.6 Å². The van der Waals surface area contributed by atoms with Gasteiger partial charge in [-0.1, -0.05) is 35.9 Å². The molecule has 5 nitrogen and oxygen atoms in total. The first kappa shape index (κ1) is 16.8. The Labute approximate surface area is 146 Å². The molecular formula is C18H20ClN3O2. The van der Waals surface area contributed by atoms with Crippen LogP contribution in [-0.2, 0) is 11.3 Å². The van der Waals surface area contributed by atoms with Gasteiger partial charge in [-0.2, -0.15) is 0 Å². The van der Waals surface area contributed by atoms with Gasteiger partial charge in [0.05, 0.1) is 7.11 Å². The molecule has 1 amide bonds. The number of hydrogen-bond donors (Lipinski definition) is 3. The lowest BCUT2D eigenvalue weighted by molar-refractivity contribution is -0.123. The number of hydrogen-bond acceptors (Lipinski definition) is 4. The molecule has 1 aliphatic heterocycles. The third-order valence-corrected chi connectivity index (χ3v) is 4.34. The Kier molecular flexibility index (Phi) is 5.35. The number of nitrogens with one attached hydrogen (secondary N) is 3. The van der Waals surface area contributed by atoms with E-state index >= 15 is 0 Å². The molecule has 2 unspecified atom stereocenters. The average molecular weight is 346 g/mol. The third-order valence-electron chi connectivity index (χ3n) is 4.09. The van der Waals surface area contributed by atoms with E-state index < -0.39 is 0 Å². The monoisotopic (exact) mass is 345 g/mol. The number of halogens is 1. The van der Waals surface area contributed by atoms with Crippen LogP contribution in [0.5, 0.6) is 5.75 Å². The summed E-state index contributed by atoms with van der Waals surface area (Å²) in [5, 5.41) is 3.66. The van der Waals surface area contributed by atoms with Crippen molar-refractivity contribution in [1.29, 1.82) is 0 Å². The Morgan fingerprint density at radius 3 is 2.79 bits per heavy atom. The first-order chi connectivity index (χ1) is 11.7. The highest BCUT2D eigenvalue weighted by Gasteiger charge is 2.29. The number of carbonyl (C=O) groups is 1. The molecule has 3 rings (SSSR count). The van der Waals surface area contributed by atoms with Gasteiger partial charge in [-0.25, -0.2) is 10.9 Å². The van der Waals surface area contributed by atoms with Gasteiger partial charge in [0, 0.05) is 17.6 Å². The van der Waals surface area contributed by atoms with Crippen LogP contribution in [0, 0.1) is 0 Å². The van der Waals surface area contributed by atoms with Crippen LogP contribution in [0.15, 0.2) is 48.5 Å². The molecule has 1 fully saturated rings. The number of ether oxygens (including phenoxy) is 1. The van der Waals surface area contributed by atoms with E-state index in [0.717, 1.165) is 16.9 Å². The van der Waals surface area contributed by atoms with E-state index in [9.17, 15) is 4.79 Å². The first-order valence-electron chi connectivity index (χ1n) is 7.83. The highest BCUT2D eigenvalue weighted by atomic mass is 35.5. The van der Waals surface area contributed by atoms with Crippen LogP contribution in [0.25, 0.3) is 0 Å². The van der Waals surface area contributed by atoms with Gasteiger partial charge in [-0.15, -0.1) is 0 Å². The number of rotatable bonds is 5. The zero-order valence-corrected chi connectivity index (χ0v) is 14.1. The quantitative estimate of drug-likeness (QED) is 0.779. The third kappa shape index (κ3) is 4.06. The molecule has 3 N–H and O–H groups in total. The van der Waals surface area contributed by atoms with Crippen LogP contribution < -0.4 is 20.9 Å². The Morgan fingerprint density at radius 2 is 2.04 bits per heavy atom. The molecule has 6 heteroatoms. The summed E-state index contributed by atoms with van der Waals surface area (Å²) in [6.07, 6.45) is 0.686. The standard InChI is InChI=1S/C18H20ClN3O2/c1-24-15-4-2-3-12(9-15)11-20-18(23)17-10-16(21-22-17)13-5-7-14(19)8-6-13/h2-9,16-17,21-22H,10-11H2,1H3,(H,20,23). The van der Waals surface area contributed by atoms with Crippen molar-refractivity contribution in [2.24, 2.45) is 0 Å². The first-order valence-corrected chi connectivity index (χ1v) is 8.20.